The Labute approximate surface area is 453 Å². The summed E-state index contributed by atoms with van der Waals surface area (Å²) in [6.07, 6.45) is -7.30. The van der Waals surface area contributed by atoms with Crippen molar-refractivity contribution in [1.82, 2.24) is 19.8 Å². The number of hydrogen-bond acceptors (Lipinski definition) is 21. The summed E-state index contributed by atoms with van der Waals surface area (Å²) in [5.41, 5.74) is 1.86. The normalized spacial score (nSPS) is 24.0. The van der Waals surface area contributed by atoms with Crippen LogP contribution in [-0.4, -0.2) is 191 Å². The molecule has 2 aromatic carbocycles. The molecule has 4 aromatic rings. The molecule has 3 fully saturated rings. The van der Waals surface area contributed by atoms with Crippen molar-refractivity contribution in [2.45, 2.75) is 88.0 Å². The number of rotatable bonds is 27. The third-order valence-electron chi connectivity index (χ3n) is 12.6. The minimum atomic E-state index is -4.45. The number of carboxylic acids is 1. The van der Waals surface area contributed by atoms with Crippen molar-refractivity contribution < 1.29 is 100 Å². The second-order valence-electron chi connectivity index (χ2n) is 18.3. The van der Waals surface area contributed by atoms with Crippen LogP contribution in [0.2, 0.25) is 0 Å². The van der Waals surface area contributed by atoms with Gasteiger partial charge >= 0.3 is 16.3 Å². The molecule has 0 spiro atoms. The van der Waals surface area contributed by atoms with Gasteiger partial charge in [-0.05, 0) is 42.0 Å². The monoisotopic (exact) mass is 1130 g/mol. The fourth-order valence-electron chi connectivity index (χ4n) is 8.59. The molecule has 10 atom stereocenters. The zero-order valence-electron chi connectivity index (χ0n) is 43.0. The van der Waals surface area contributed by atoms with E-state index in [1.54, 1.807) is 48.0 Å². The molecule has 3 saturated heterocycles. The number of amides is 4. The Morgan fingerprint density at radius 2 is 1.62 bits per heavy atom. The maximum absolute atomic E-state index is 13.5. The molecule has 1 unspecified atom stereocenters. The number of aliphatic hydroxyl groups excluding tert-OH is 5. The number of aromatic nitrogens is 3. The van der Waals surface area contributed by atoms with Gasteiger partial charge in [-0.2, -0.15) is 8.42 Å². The van der Waals surface area contributed by atoms with E-state index < -0.39 is 89.9 Å². The number of carbonyl (C=O) groups is 5. The maximum atomic E-state index is 13.5. The zero-order chi connectivity index (χ0) is 56.3. The number of nitrogens with zero attached hydrogens (tertiary/aromatic N) is 4. The quantitative estimate of drug-likeness (QED) is 0.0101. The van der Waals surface area contributed by atoms with Crippen LogP contribution in [0.5, 0.6) is 5.75 Å². The molecule has 11 N–H and O–H groups in total. The number of imide groups is 1. The van der Waals surface area contributed by atoms with E-state index in [1.807, 2.05) is 0 Å². The lowest BCUT2D eigenvalue weighted by atomic mass is 9.99. The van der Waals surface area contributed by atoms with Gasteiger partial charge < -0.3 is 82.4 Å². The fourth-order valence-corrected chi connectivity index (χ4v) is 8.91. The third kappa shape index (κ3) is 16.0. The first-order valence-corrected chi connectivity index (χ1v) is 26.0. The second-order valence-corrected chi connectivity index (χ2v) is 19.5. The Balaban J connectivity index is 0.0000101. The van der Waals surface area contributed by atoms with Gasteiger partial charge in [0.1, 0.15) is 47.8 Å². The van der Waals surface area contributed by atoms with Gasteiger partial charge in [-0.25, -0.2) is 19.1 Å². The minimum Gasteiger partial charge on any atom is -0.479 e. The number of terminal acetylenes is 1. The van der Waals surface area contributed by atoms with E-state index in [2.05, 4.69) is 31.0 Å². The SMILES string of the molecule is C#Cc1cccc(Nc2nc[n+](Cc3ccc(O[C@@H]4O[C@H](C(=O)O)[C@@H](O)[C@H](O)[C@H]4O)c(NC(=O)CCNC(=O)CCOCCOCCOCCN4C(=O)CC(C)C4=O)c3)c3c2ccn3[C@@H]2O[C@H](COS(N)(=O)=O)[C@@H](O)[C@H]2O)c1.[CH3-]. The molecule has 3 aliphatic rings. The largest absolute Gasteiger partial charge is 0.479 e. The highest BCUT2D eigenvalue weighted by molar-refractivity contribution is 7.84. The Hall–Kier alpha value is -6.76. The Bertz CT molecular complexity index is 2960. The molecule has 0 bridgehead atoms. The van der Waals surface area contributed by atoms with Crippen LogP contribution in [-0.2, 0) is 68.7 Å². The van der Waals surface area contributed by atoms with Crippen LogP contribution in [0.4, 0.5) is 17.2 Å². The Kier molecular flexibility index (Phi) is 21.7. The molecule has 0 saturated carbocycles. The lowest BCUT2D eigenvalue weighted by Gasteiger charge is -2.38. The average Bonchev–Trinajstić information content (AvgIpc) is 4.29. The molecule has 430 valence electrons. The van der Waals surface area contributed by atoms with E-state index in [0.29, 0.717) is 33.7 Å². The van der Waals surface area contributed by atoms with E-state index in [1.165, 1.54) is 34.0 Å². The molecule has 7 rings (SSSR count). The van der Waals surface area contributed by atoms with Gasteiger partial charge in [0, 0.05) is 43.0 Å². The molecular weight excluding hydrogens is 1060 g/mol. The van der Waals surface area contributed by atoms with Crippen molar-refractivity contribution in [1.29, 1.82) is 0 Å². The summed E-state index contributed by atoms with van der Waals surface area (Å²) >= 11 is 0. The minimum absolute atomic E-state index is 0. The summed E-state index contributed by atoms with van der Waals surface area (Å²) < 4.78 is 64.4. The van der Waals surface area contributed by atoms with E-state index in [4.69, 9.17) is 40.0 Å². The van der Waals surface area contributed by atoms with Crippen LogP contribution in [0.15, 0.2) is 61.1 Å². The van der Waals surface area contributed by atoms with Crippen LogP contribution in [0.3, 0.4) is 0 Å². The van der Waals surface area contributed by atoms with Gasteiger partial charge in [0.25, 0.3) is 0 Å². The van der Waals surface area contributed by atoms with Crippen molar-refractivity contribution in [3.8, 4) is 18.1 Å². The van der Waals surface area contributed by atoms with Crippen LogP contribution < -0.4 is 30.4 Å². The number of benzene rings is 2. The molecule has 3 aliphatic heterocycles. The topological polar surface area (TPSA) is 393 Å². The highest BCUT2D eigenvalue weighted by Crippen LogP contribution is 2.35. The van der Waals surface area contributed by atoms with Gasteiger partial charge in [0.15, 0.2) is 6.10 Å². The van der Waals surface area contributed by atoms with Gasteiger partial charge in [-0.15, -0.1) is 6.42 Å². The number of carbonyl (C=O) groups excluding carboxylic acids is 4. The summed E-state index contributed by atoms with van der Waals surface area (Å²) in [6.45, 7) is 2.07. The van der Waals surface area contributed by atoms with Crippen molar-refractivity contribution in [3.63, 3.8) is 0 Å². The predicted octanol–water partition coefficient (Wildman–Crippen LogP) is -2.06. The summed E-state index contributed by atoms with van der Waals surface area (Å²) in [5, 5.41) is 77.4. The number of carboxylic acid groups (broad SMARTS) is 1. The van der Waals surface area contributed by atoms with E-state index in [-0.39, 0.29) is 115 Å². The lowest BCUT2D eigenvalue weighted by molar-refractivity contribution is -0.668. The van der Waals surface area contributed by atoms with Crippen molar-refractivity contribution >= 4 is 68.1 Å². The van der Waals surface area contributed by atoms with Crippen LogP contribution in [0.25, 0.3) is 11.0 Å². The third-order valence-corrected chi connectivity index (χ3v) is 13.1. The standard InChI is InChI=1S/C49H60N8O20S.CH3/c1-3-28-5-4-6-30(22-28)53-44-31-10-13-57(47-41(64)38(61)34(75-47)25-74-78(50,69)70)45(31)55(26-52-44)24-29-7-8-33(76-49-42(65)39(62)40(63)43(77-49)48(67)68)32(23-29)54-36(59)9-12-51-35(58)11-15-71-17-19-73-20-18-72-16-14-56-37(60)21-27(2)46(56)66;/h1,4-8,10,13,22-23,26-27,34,38-43,47,49,61-65H,9,11-12,14-21,24-25H2,2H3,(H5,50,51,54,58,59,67,68,69,70);1H3/q;-1/p+1/t27?,34-,38-,39+,40+,41-,42-,43+,47-,49-;/m1./s1. The number of fused-ring (bicyclic) bond motifs is 1. The molecule has 0 aliphatic carbocycles. The summed E-state index contributed by atoms with van der Waals surface area (Å²) in [4.78, 5) is 67.7. The first-order valence-electron chi connectivity index (χ1n) is 24.5. The predicted molar refractivity (Wildman–Crippen MR) is 273 cm³/mol. The van der Waals surface area contributed by atoms with E-state index in [0.717, 1.165) is 0 Å². The number of nitrogens with one attached hydrogen (secondary N) is 3. The van der Waals surface area contributed by atoms with Crippen LogP contribution in [0, 0.1) is 25.7 Å². The molecule has 4 amide bonds. The fraction of sp³-hybridized carbons (Fsp3) is 0.480. The van der Waals surface area contributed by atoms with Crippen molar-refractivity contribution in [3.05, 3.63) is 79.6 Å². The van der Waals surface area contributed by atoms with Crippen LogP contribution in [0.1, 0.15) is 43.5 Å². The molecule has 79 heavy (non-hydrogen) atoms. The summed E-state index contributed by atoms with van der Waals surface area (Å²) in [6, 6.07) is 12.9. The number of likely N-dealkylation sites (tertiary alicyclic amines) is 1. The zero-order valence-corrected chi connectivity index (χ0v) is 43.8. The molecule has 0 radical (unpaired) electrons. The van der Waals surface area contributed by atoms with Gasteiger partial charge in [0.2, 0.25) is 53.9 Å². The first kappa shape index (κ1) is 61.5. The molecule has 28 nitrogen and oxygen atoms in total. The maximum Gasteiger partial charge on any atom is 0.335 e. The number of nitrogens with two attached hydrogens (primary N) is 1. The van der Waals surface area contributed by atoms with Gasteiger partial charge in [-0.3, -0.25) is 28.3 Å². The molecular formula is C50H64N8O20S. The number of ether oxygens (including phenoxy) is 6. The number of aliphatic carboxylic acids is 1. The lowest BCUT2D eigenvalue weighted by Crippen LogP contribution is -2.61. The number of aliphatic hydroxyl groups is 5. The molecule has 5 heterocycles. The average molecular weight is 1130 g/mol. The number of hydrogen-bond donors (Lipinski definition) is 10. The summed E-state index contributed by atoms with van der Waals surface area (Å²) in [7, 11) is -4.45. The van der Waals surface area contributed by atoms with Crippen molar-refractivity contribution in [2.75, 3.05) is 70.0 Å². The highest BCUT2D eigenvalue weighted by atomic mass is 32.2. The van der Waals surface area contributed by atoms with E-state index in [9.17, 15) is 63.0 Å². The Morgan fingerprint density at radius 1 is 0.899 bits per heavy atom. The first-order chi connectivity index (χ1) is 37.2. The molecule has 29 heteroatoms. The summed E-state index contributed by atoms with van der Waals surface area (Å²) in [5.74, 6) is -0.774. The van der Waals surface area contributed by atoms with Crippen LogP contribution >= 0.6 is 0 Å². The van der Waals surface area contributed by atoms with E-state index >= 15 is 0 Å². The molecule has 2 aromatic heterocycles. The smallest absolute Gasteiger partial charge is 0.335 e. The Morgan fingerprint density at radius 3 is 2.30 bits per heavy atom. The second kappa shape index (κ2) is 27.9. The van der Waals surface area contributed by atoms with Gasteiger partial charge in [-0.1, -0.05) is 30.0 Å². The number of anilines is 3. The highest BCUT2D eigenvalue weighted by Gasteiger charge is 2.49. The van der Waals surface area contributed by atoms with Gasteiger partial charge in [0.05, 0.1) is 71.2 Å². The van der Waals surface area contributed by atoms with Crippen molar-refractivity contribution in [2.24, 2.45) is 11.1 Å².